The molecule has 0 unspecified atom stereocenters. The number of hydrogen-bond acceptors (Lipinski definition) is 3. The van der Waals surface area contributed by atoms with E-state index in [1.165, 1.54) is 5.56 Å². The molecule has 0 radical (unpaired) electrons. The Morgan fingerprint density at radius 2 is 2.00 bits per heavy atom. The van der Waals surface area contributed by atoms with Gasteiger partial charge in [-0.1, -0.05) is 12.1 Å². The molecule has 1 aromatic heterocycles. The monoisotopic (exact) mass is 286 g/mol. The van der Waals surface area contributed by atoms with Crippen LogP contribution < -0.4 is 5.32 Å². The van der Waals surface area contributed by atoms with Crippen LogP contribution in [0, 0.1) is 0 Å². The van der Waals surface area contributed by atoms with E-state index in [2.05, 4.69) is 22.1 Å². The Morgan fingerprint density at radius 3 is 2.62 bits per heavy atom. The van der Waals surface area contributed by atoms with Crippen LogP contribution in [0.15, 0.2) is 36.8 Å². The topological polar surface area (TPSA) is 50.2 Å². The minimum atomic E-state index is -0.0599. The summed E-state index contributed by atoms with van der Waals surface area (Å²) >= 11 is 0. The molecule has 21 heavy (non-hydrogen) atoms. The Balaban J connectivity index is 1.94. The molecule has 112 valence electrons. The van der Waals surface area contributed by atoms with E-state index in [9.17, 15) is 4.79 Å². The van der Waals surface area contributed by atoms with Crippen molar-refractivity contribution in [2.75, 3.05) is 14.1 Å². The van der Waals surface area contributed by atoms with Gasteiger partial charge in [0.15, 0.2) is 0 Å². The molecular weight excluding hydrogens is 264 g/mol. The third-order valence-corrected chi connectivity index (χ3v) is 3.28. The highest BCUT2D eigenvalue weighted by atomic mass is 16.1. The van der Waals surface area contributed by atoms with Gasteiger partial charge in [0.1, 0.15) is 0 Å². The lowest BCUT2D eigenvalue weighted by atomic mass is 10.1. The summed E-state index contributed by atoms with van der Waals surface area (Å²) in [5.41, 5.74) is 2.88. The average Bonchev–Trinajstić information content (AvgIpc) is 2.92. The summed E-state index contributed by atoms with van der Waals surface area (Å²) < 4.78 is 2.01. The average molecular weight is 286 g/mol. The fourth-order valence-electron chi connectivity index (χ4n) is 2.18. The maximum absolute atomic E-state index is 12.1. The first kappa shape index (κ1) is 15.3. The van der Waals surface area contributed by atoms with Crippen LogP contribution in [0.1, 0.15) is 28.5 Å². The van der Waals surface area contributed by atoms with E-state index >= 15 is 0 Å². The van der Waals surface area contributed by atoms with Gasteiger partial charge in [0, 0.05) is 24.8 Å². The highest BCUT2D eigenvalue weighted by Gasteiger charge is 2.07. The number of nitrogens with one attached hydrogen (secondary N) is 1. The first-order chi connectivity index (χ1) is 10.1. The molecule has 0 bridgehead atoms. The summed E-state index contributed by atoms with van der Waals surface area (Å²) in [6.45, 7) is 4.27. The van der Waals surface area contributed by atoms with Crippen molar-refractivity contribution in [3.05, 3.63) is 53.6 Å². The Labute approximate surface area is 125 Å². The minimum absolute atomic E-state index is 0.0599. The van der Waals surface area contributed by atoms with E-state index < -0.39 is 0 Å². The maximum atomic E-state index is 12.1. The van der Waals surface area contributed by atoms with Gasteiger partial charge in [0.05, 0.1) is 18.6 Å². The maximum Gasteiger partial charge on any atom is 0.251 e. The molecule has 5 nitrogen and oxygen atoms in total. The molecule has 1 amide bonds. The number of aromatic nitrogens is 2. The van der Waals surface area contributed by atoms with Gasteiger partial charge in [0.25, 0.3) is 5.91 Å². The molecule has 2 aromatic rings. The second kappa shape index (κ2) is 7.04. The van der Waals surface area contributed by atoms with Gasteiger partial charge >= 0.3 is 0 Å². The first-order valence-electron chi connectivity index (χ1n) is 7.11. The second-order valence-electron chi connectivity index (χ2n) is 5.29. The number of rotatable bonds is 6. The standard InChI is InChI=1S/C16H22N4O/c1-4-20-12-17-9-15(20)10-18-16(21)14-7-5-13(6-8-14)11-19(2)3/h5-9,12H,4,10-11H2,1-3H3,(H,18,21). The van der Waals surface area contributed by atoms with Gasteiger partial charge in [0.2, 0.25) is 0 Å². The van der Waals surface area contributed by atoms with Crippen LogP contribution in [0.3, 0.4) is 0 Å². The summed E-state index contributed by atoms with van der Waals surface area (Å²) in [5, 5.41) is 2.93. The quantitative estimate of drug-likeness (QED) is 0.882. The predicted octanol–water partition coefficient (Wildman–Crippen LogP) is 1.89. The highest BCUT2D eigenvalue weighted by Crippen LogP contribution is 2.07. The lowest BCUT2D eigenvalue weighted by Gasteiger charge is -2.10. The van der Waals surface area contributed by atoms with Gasteiger partial charge in [-0.2, -0.15) is 0 Å². The molecule has 0 aliphatic heterocycles. The highest BCUT2D eigenvalue weighted by molar-refractivity contribution is 5.94. The van der Waals surface area contributed by atoms with E-state index in [1.54, 1.807) is 12.5 Å². The molecule has 5 heteroatoms. The molecule has 0 spiro atoms. The molecule has 1 N–H and O–H groups in total. The lowest BCUT2D eigenvalue weighted by Crippen LogP contribution is -2.24. The largest absolute Gasteiger partial charge is 0.346 e. The minimum Gasteiger partial charge on any atom is -0.346 e. The second-order valence-corrected chi connectivity index (χ2v) is 5.29. The van der Waals surface area contributed by atoms with Crippen molar-refractivity contribution in [1.29, 1.82) is 0 Å². The smallest absolute Gasteiger partial charge is 0.251 e. The Hall–Kier alpha value is -2.14. The van der Waals surface area contributed by atoms with Crippen LogP contribution in [0.4, 0.5) is 0 Å². The molecule has 2 rings (SSSR count). The van der Waals surface area contributed by atoms with Crippen LogP contribution in [-0.4, -0.2) is 34.5 Å². The van der Waals surface area contributed by atoms with Gasteiger partial charge in [-0.15, -0.1) is 0 Å². The number of amides is 1. The molecule has 0 atom stereocenters. The number of carbonyl (C=O) groups excluding carboxylic acids is 1. The Morgan fingerprint density at radius 1 is 1.29 bits per heavy atom. The van der Waals surface area contributed by atoms with Crippen molar-refractivity contribution < 1.29 is 4.79 Å². The molecule has 1 heterocycles. The van der Waals surface area contributed by atoms with Crippen LogP contribution >= 0.6 is 0 Å². The molecule has 0 saturated heterocycles. The van der Waals surface area contributed by atoms with Crippen LogP contribution in [0.5, 0.6) is 0 Å². The van der Waals surface area contributed by atoms with Gasteiger partial charge in [-0.05, 0) is 38.7 Å². The van der Waals surface area contributed by atoms with Gasteiger partial charge < -0.3 is 14.8 Å². The molecule has 1 aromatic carbocycles. The van der Waals surface area contributed by atoms with Gasteiger partial charge in [-0.3, -0.25) is 4.79 Å². The van der Waals surface area contributed by atoms with Crippen molar-refractivity contribution in [3.8, 4) is 0 Å². The number of nitrogens with zero attached hydrogens (tertiary/aromatic N) is 3. The first-order valence-corrected chi connectivity index (χ1v) is 7.11. The van der Waals surface area contributed by atoms with Crippen molar-refractivity contribution in [2.45, 2.75) is 26.6 Å². The zero-order valence-electron chi connectivity index (χ0n) is 12.8. The summed E-state index contributed by atoms with van der Waals surface area (Å²) in [7, 11) is 4.05. The van der Waals surface area contributed by atoms with E-state index in [0.29, 0.717) is 12.1 Å². The Bertz CT molecular complexity index is 587. The van der Waals surface area contributed by atoms with Crippen molar-refractivity contribution in [1.82, 2.24) is 19.8 Å². The van der Waals surface area contributed by atoms with Crippen molar-refractivity contribution in [3.63, 3.8) is 0 Å². The van der Waals surface area contributed by atoms with Gasteiger partial charge in [-0.25, -0.2) is 4.98 Å². The van der Waals surface area contributed by atoms with Crippen LogP contribution in [-0.2, 0) is 19.6 Å². The Kier molecular flexibility index (Phi) is 5.11. The summed E-state index contributed by atoms with van der Waals surface area (Å²) in [5.74, 6) is -0.0599. The lowest BCUT2D eigenvalue weighted by molar-refractivity contribution is 0.0950. The molecule has 0 aliphatic carbocycles. The van der Waals surface area contributed by atoms with Crippen LogP contribution in [0.2, 0.25) is 0 Å². The third-order valence-electron chi connectivity index (χ3n) is 3.28. The molecule has 0 aliphatic rings. The summed E-state index contributed by atoms with van der Waals surface area (Å²) in [4.78, 5) is 18.3. The zero-order chi connectivity index (χ0) is 15.2. The van der Waals surface area contributed by atoms with Crippen molar-refractivity contribution in [2.24, 2.45) is 0 Å². The van der Waals surface area contributed by atoms with E-state index in [-0.39, 0.29) is 5.91 Å². The van der Waals surface area contributed by atoms with E-state index in [4.69, 9.17) is 0 Å². The normalized spacial score (nSPS) is 10.9. The number of hydrogen-bond donors (Lipinski definition) is 1. The number of carbonyl (C=O) groups is 1. The van der Waals surface area contributed by atoms with Crippen LogP contribution in [0.25, 0.3) is 0 Å². The summed E-state index contributed by atoms with van der Waals surface area (Å²) in [6, 6.07) is 7.72. The predicted molar refractivity (Wildman–Crippen MR) is 82.9 cm³/mol. The SMILES string of the molecule is CCn1cncc1CNC(=O)c1ccc(CN(C)C)cc1. The van der Waals surface area contributed by atoms with E-state index in [0.717, 1.165) is 18.8 Å². The number of benzene rings is 1. The fourth-order valence-corrected chi connectivity index (χ4v) is 2.18. The van der Waals surface area contributed by atoms with Crippen molar-refractivity contribution >= 4 is 5.91 Å². The fraction of sp³-hybridized carbons (Fsp3) is 0.375. The number of imidazole rings is 1. The molecule has 0 fully saturated rings. The van der Waals surface area contributed by atoms with E-state index in [1.807, 2.05) is 42.9 Å². The molecular formula is C16H22N4O. The molecule has 0 saturated carbocycles. The zero-order valence-corrected chi connectivity index (χ0v) is 12.8. The number of aryl methyl sites for hydroxylation is 1. The summed E-state index contributed by atoms with van der Waals surface area (Å²) in [6.07, 6.45) is 3.56. The third kappa shape index (κ3) is 4.16.